The van der Waals surface area contributed by atoms with Gasteiger partial charge in [-0.2, -0.15) is 0 Å². The highest BCUT2D eigenvalue weighted by Crippen LogP contribution is 2.35. The van der Waals surface area contributed by atoms with E-state index in [0.717, 1.165) is 29.6 Å². The Bertz CT molecular complexity index is 567. The maximum absolute atomic E-state index is 11.0. The normalized spacial score (nSPS) is 16.9. The van der Waals surface area contributed by atoms with Gasteiger partial charge in [-0.15, -0.1) is 0 Å². The minimum absolute atomic E-state index is 0.00370. The van der Waals surface area contributed by atoms with Crippen LogP contribution >= 0.6 is 0 Å². The predicted molar refractivity (Wildman–Crippen MR) is 72.0 cm³/mol. The van der Waals surface area contributed by atoms with Gasteiger partial charge in [-0.25, -0.2) is 0 Å². The molecule has 1 aromatic carbocycles. The highest BCUT2D eigenvalue weighted by atomic mass is 16.4. The van der Waals surface area contributed by atoms with Crippen LogP contribution in [0, 0.1) is 0 Å². The second-order valence-electron chi connectivity index (χ2n) is 5.16. The second-order valence-corrected chi connectivity index (χ2v) is 5.16. The minimum atomic E-state index is -0.783. The van der Waals surface area contributed by atoms with E-state index in [9.17, 15) is 4.79 Å². The summed E-state index contributed by atoms with van der Waals surface area (Å²) in [6.07, 6.45) is 2.16. The number of hydrogen-bond donors (Lipinski definition) is 1. The average Bonchev–Trinajstić information content (AvgIpc) is 3.13. The lowest BCUT2D eigenvalue weighted by atomic mass is 10.2. The van der Waals surface area contributed by atoms with Crippen LogP contribution in [0.5, 0.6) is 0 Å². The van der Waals surface area contributed by atoms with Crippen molar-refractivity contribution in [2.45, 2.75) is 31.8 Å². The average molecular weight is 259 g/mol. The van der Waals surface area contributed by atoms with Gasteiger partial charge in [0, 0.05) is 11.4 Å². The highest BCUT2D eigenvalue weighted by molar-refractivity contribution is 5.77. The van der Waals surface area contributed by atoms with Crippen molar-refractivity contribution in [3.8, 4) is 0 Å². The summed E-state index contributed by atoms with van der Waals surface area (Å²) in [4.78, 5) is 13.0. The van der Waals surface area contributed by atoms with Crippen LogP contribution in [0.15, 0.2) is 34.7 Å². The summed E-state index contributed by atoms with van der Waals surface area (Å²) in [5.41, 5.74) is 0.857. The van der Waals surface area contributed by atoms with Crippen LogP contribution in [0.3, 0.4) is 0 Å². The van der Waals surface area contributed by atoms with E-state index in [1.165, 1.54) is 0 Å². The number of rotatable bonds is 5. The summed E-state index contributed by atoms with van der Waals surface area (Å²) in [6.45, 7) is 2.09. The summed E-state index contributed by atoms with van der Waals surface area (Å²) in [7, 11) is 0. The molecule has 1 unspecified atom stereocenters. The largest absolute Gasteiger partial charge is 0.480 e. The number of nitrogens with zero attached hydrogens (tertiary/aromatic N) is 1. The van der Waals surface area contributed by atoms with Crippen molar-refractivity contribution < 1.29 is 14.3 Å². The molecule has 0 radical (unpaired) electrons. The van der Waals surface area contributed by atoms with Gasteiger partial charge in [0.15, 0.2) is 0 Å². The fraction of sp³-hybridized carbons (Fsp3) is 0.400. The molecule has 1 heterocycles. The van der Waals surface area contributed by atoms with Crippen LogP contribution in [0.25, 0.3) is 11.0 Å². The van der Waals surface area contributed by atoms with Crippen molar-refractivity contribution in [1.82, 2.24) is 4.90 Å². The van der Waals surface area contributed by atoms with Gasteiger partial charge in [0.1, 0.15) is 11.3 Å². The Labute approximate surface area is 111 Å². The van der Waals surface area contributed by atoms with E-state index in [-0.39, 0.29) is 12.6 Å². The topological polar surface area (TPSA) is 53.7 Å². The van der Waals surface area contributed by atoms with Gasteiger partial charge in [-0.3, -0.25) is 9.69 Å². The molecule has 1 atom stereocenters. The molecule has 0 spiro atoms. The van der Waals surface area contributed by atoms with Crippen molar-refractivity contribution in [1.29, 1.82) is 0 Å². The van der Waals surface area contributed by atoms with Crippen molar-refractivity contribution in [2.75, 3.05) is 6.54 Å². The van der Waals surface area contributed by atoms with Crippen LogP contribution < -0.4 is 0 Å². The molecular weight excluding hydrogens is 242 g/mol. The first-order chi connectivity index (χ1) is 9.15. The highest BCUT2D eigenvalue weighted by Gasteiger charge is 2.35. The first-order valence-corrected chi connectivity index (χ1v) is 6.61. The first kappa shape index (κ1) is 12.2. The van der Waals surface area contributed by atoms with Gasteiger partial charge in [-0.05, 0) is 31.9 Å². The van der Waals surface area contributed by atoms with E-state index in [1.54, 1.807) is 0 Å². The number of hydrogen-bond acceptors (Lipinski definition) is 3. The van der Waals surface area contributed by atoms with Crippen molar-refractivity contribution in [2.24, 2.45) is 0 Å². The van der Waals surface area contributed by atoms with Gasteiger partial charge in [-0.1, -0.05) is 18.2 Å². The Hall–Kier alpha value is -1.81. The molecule has 1 aliphatic carbocycles. The third kappa shape index (κ3) is 2.49. The number of carbonyl (C=O) groups is 1. The van der Waals surface area contributed by atoms with E-state index >= 15 is 0 Å². The molecule has 0 amide bonds. The van der Waals surface area contributed by atoms with Crippen molar-refractivity contribution in [3.05, 3.63) is 36.1 Å². The number of carboxylic acid groups (broad SMARTS) is 1. The van der Waals surface area contributed by atoms with E-state index in [4.69, 9.17) is 9.52 Å². The molecule has 4 heteroatoms. The van der Waals surface area contributed by atoms with Crippen LogP contribution in [-0.2, 0) is 4.79 Å². The number of para-hydroxylation sites is 1. The second kappa shape index (κ2) is 4.70. The van der Waals surface area contributed by atoms with E-state index in [1.807, 2.05) is 42.2 Å². The number of furan rings is 1. The fourth-order valence-electron chi connectivity index (χ4n) is 2.52. The molecule has 1 fully saturated rings. The quantitative estimate of drug-likeness (QED) is 0.896. The predicted octanol–water partition coefficient (Wildman–Crippen LogP) is 3.04. The zero-order valence-corrected chi connectivity index (χ0v) is 10.9. The Morgan fingerprint density at radius 2 is 2.21 bits per heavy atom. The number of fused-ring (bicyclic) bond motifs is 1. The lowest BCUT2D eigenvalue weighted by Crippen LogP contribution is -2.34. The molecule has 4 nitrogen and oxygen atoms in total. The van der Waals surface area contributed by atoms with Crippen LogP contribution in [0.1, 0.15) is 31.6 Å². The number of carboxylic acids is 1. The third-order valence-corrected chi connectivity index (χ3v) is 3.69. The SMILES string of the molecule is CC(c1cc2ccccc2o1)N(CC(=O)O)C1CC1. The number of benzene rings is 1. The molecular formula is C15H17NO3. The van der Waals surface area contributed by atoms with Gasteiger partial charge >= 0.3 is 5.97 Å². The molecule has 1 saturated carbocycles. The Morgan fingerprint density at radius 1 is 1.47 bits per heavy atom. The summed E-state index contributed by atoms with van der Waals surface area (Å²) in [6, 6.07) is 10.3. The molecule has 1 aromatic heterocycles. The van der Waals surface area contributed by atoms with Crippen molar-refractivity contribution in [3.63, 3.8) is 0 Å². The molecule has 1 N–H and O–H groups in total. The molecule has 0 aliphatic heterocycles. The zero-order chi connectivity index (χ0) is 13.4. The maximum atomic E-state index is 11.0. The Kier molecular flexibility index (Phi) is 3.03. The molecule has 100 valence electrons. The van der Waals surface area contributed by atoms with Crippen molar-refractivity contribution >= 4 is 16.9 Å². The monoisotopic (exact) mass is 259 g/mol. The molecule has 1 aliphatic rings. The molecule has 0 saturated heterocycles. The maximum Gasteiger partial charge on any atom is 0.317 e. The summed E-state index contributed by atoms with van der Waals surface area (Å²) >= 11 is 0. The van der Waals surface area contributed by atoms with E-state index in [2.05, 4.69) is 0 Å². The Balaban J connectivity index is 1.88. The minimum Gasteiger partial charge on any atom is -0.480 e. The van der Waals surface area contributed by atoms with Gasteiger partial charge in [0.05, 0.1) is 12.6 Å². The summed E-state index contributed by atoms with van der Waals surface area (Å²) in [5, 5.41) is 10.1. The molecule has 2 aromatic rings. The standard InChI is InChI=1S/C15H17NO3/c1-10(16(9-15(17)18)12-6-7-12)14-8-11-4-2-3-5-13(11)19-14/h2-5,8,10,12H,6-7,9H2,1H3,(H,17,18). The lowest BCUT2D eigenvalue weighted by molar-refractivity contribution is -0.139. The van der Waals surface area contributed by atoms with E-state index in [0.29, 0.717) is 6.04 Å². The summed E-state index contributed by atoms with van der Waals surface area (Å²) < 4.78 is 5.84. The zero-order valence-electron chi connectivity index (χ0n) is 10.9. The molecule has 19 heavy (non-hydrogen) atoms. The molecule has 3 rings (SSSR count). The third-order valence-electron chi connectivity index (χ3n) is 3.69. The summed E-state index contributed by atoms with van der Waals surface area (Å²) in [5.74, 6) is 0.0595. The van der Waals surface area contributed by atoms with Gasteiger partial charge in [0.2, 0.25) is 0 Å². The van der Waals surface area contributed by atoms with E-state index < -0.39 is 5.97 Å². The molecule has 0 bridgehead atoms. The number of aliphatic carboxylic acids is 1. The van der Waals surface area contributed by atoms with Crippen LogP contribution in [0.2, 0.25) is 0 Å². The van der Waals surface area contributed by atoms with Gasteiger partial charge in [0.25, 0.3) is 0 Å². The lowest BCUT2D eigenvalue weighted by Gasteiger charge is -2.25. The van der Waals surface area contributed by atoms with Gasteiger partial charge < -0.3 is 9.52 Å². The fourth-order valence-corrected chi connectivity index (χ4v) is 2.52. The Morgan fingerprint density at radius 3 is 2.84 bits per heavy atom. The smallest absolute Gasteiger partial charge is 0.317 e. The first-order valence-electron chi connectivity index (χ1n) is 6.61. The van der Waals surface area contributed by atoms with Crippen LogP contribution in [0.4, 0.5) is 0 Å². The van der Waals surface area contributed by atoms with Crippen LogP contribution in [-0.4, -0.2) is 28.6 Å².